The molecule has 0 spiro atoms. The molecule has 0 aliphatic carbocycles. The van der Waals surface area contributed by atoms with E-state index in [1.54, 1.807) is 29.1 Å². The summed E-state index contributed by atoms with van der Waals surface area (Å²) in [5, 5.41) is 8.18. The average Bonchev–Trinajstić information content (AvgIpc) is 2.99. The van der Waals surface area contributed by atoms with Crippen LogP contribution in [0.3, 0.4) is 0 Å². The van der Waals surface area contributed by atoms with Crippen molar-refractivity contribution < 1.29 is 9.53 Å². The second-order valence-electron chi connectivity index (χ2n) is 8.35. The van der Waals surface area contributed by atoms with Crippen molar-refractivity contribution in [2.24, 2.45) is 0 Å². The smallest absolute Gasteiger partial charge is 0.252 e. The molecule has 149 valence electrons. The number of nitrogens with one attached hydrogen (secondary N) is 1. The molecule has 1 amide bonds. The van der Waals surface area contributed by atoms with Gasteiger partial charge in [-0.2, -0.15) is 24.7 Å². The maximum atomic E-state index is 12.6. The normalized spacial score (nSPS) is 12.3. The highest BCUT2D eigenvalue weighted by Gasteiger charge is 2.25. The number of rotatable bonds is 8. The van der Waals surface area contributed by atoms with Gasteiger partial charge in [-0.25, -0.2) is 4.68 Å². The molecule has 0 saturated heterocycles. The number of halogens is 2. The van der Waals surface area contributed by atoms with Gasteiger partial charge in [0, 0.05) is 34.0 Å². The van der Waals surface area contributed by atoms with Crippen molar-refractivity contribution in [2.45, 2.75) is 51.8 Å². The van der Waals surface area contributed by atoms with Gasteiger partial charge < -0.3 is 10.1 Å². The largest absolute Gasteiger partial charge is 0.362 e. The van der Waals surface area contributed by atoms with E-state index < -0.39 is 13.6 Å². The van der Waals surface area contributed by atoms with E-state index >= 15 is 0 Å². The Labute approximate surface area is 172 Å². The Morgan fingerprint density at radius 2 is 1.85 bits per heavy atom. The van der Waals surface area contributed by atoms with Crippen LogP contribution in [0.25, 0.3) is 0 Å². The molecule has 1 N–H and O–H groups in total. The lowest BCUT2D eigenvalue weighted by molar-refractivity contribution is 0.0784. The summed E-state index contributed by atoms with van der Waals surface area (Å²) in [6, 6.07) is 5.89. The molecule has 1 aromatic heterocycles. The number of carbonyl (C=O) groups is 1. The van der Waals surface area contributed by atoms with Crippen LogP contribution in [0, 0.1) is 0 Å². The van der Waals surface area contributed by atoms with Crippen LogP contribution in [0.4, 0.5) is 0 Å². The van der Waals surface area contributed by atoms with Gasteiger partial charge in [-0.1, -0.05) is 23.2 Å². The maximum Gasteiger partial charge on any atom is 0.252 e. The summed E-state index contributed by atoms with van der Waals surface area (Å²) in [5.41, 5.74) is 0.697. The second kappa shape index (κ2) is 8.77. The number of benzene rings is 1. The molecule has 0 radical (unpaired) electrons. The lowest BCUT2D eigenvalue weighted by atomic mass is 9.97. The molecule has 0 fully saturated rings. The van der Waals surface area contributed by atoms with E-state index in [0.717, 1.165) is 18.2 Å². The standard InChI is InChI=1S/C19H27Cl2N3O2Si/c1-19(2,23-18(25)14-8-16(20)10-17(21)9-14)15-11-22-24(12-15)13-26-6-7-27(3,4)5/h8-12H,6-7,13H2,1-5H3,(H,23,25)/q-1. The van der Waals surface area contributed by atoms with Crippen LogP contribution in [0.5, 0.6) is 0 Å². The predicted octanol–water partition coefficient (Wildman–Crippen LogP) is 5.17. The Morgan fingerprint density at radius 3 is 2.44 bits per heavy atom. The Bertz CT molecular complexity index is 780. The van der Waals surface area contributed by atoms with Gasteiger partial charge in [0.25, 0.3) is 5.91 Å². The summed E-state index contributed by atoms with van der Waals surface area (Å²) < 4.78 is 7.46. The average molecular weight is 428 g/mol. The van der Waals surface area contributed by atoms with Crippen LogP contribution < -0.4 is 5.32 Å². The van der Waals surface area contributed by atoms with Crippen molar-refractivity contribution in [3.05, 3.63) is 51.8 Å². The Balaban J connectivity index is 1.98. The van der Waals surface area contributed by atoms with Crippen LogP contribution in [0.15, 0.2) is 30.6 Å². The molecule has 0 unspecified atom stereocenters. The van der Waals surface area contributed by atoms with Crippen LogP contribution in [-0.2, 0) is 17.0 Å². The molecule has 1 heterocycles. The monoisotopic (exact) mass is 427 g/mol. The van der Waals surface area contributed by atoms with Crippen LogP contribution in [-0.4, -0.2) is 30.4 Å². The summed E-state index contributed by atoms with van der Waals surface area (Å²) in [5.74, 6) is -0.247. The van der Waals surface area contributed by atoms with Crippen molar-refractivity contribution in [1.29, 1.82) is 0 Å². The van der Waals surface area contributed by atoms with E-state index in [2.05, 4.69) is 30.1 Å². The fraction of sp³-hybridized carbons (Fsp3) is 0.474. The molecular formula is C19H27Cl2N3O2Si-. The summed E-state index contributed by atoms with van der Waals surface area (Å²) in [7, 11) is -1.10. The minimum absolute atomic E-state index is 0.247. The van der Waals surface area contributed by atoms with Crippen LogP contribution in [0.2, 0.25) is 35.7 Å². The summed E-state index contributed by atoms with van der Waals surface area (Å²) in [6.07, 6.45) is 3.63. The molecule has 0 atom stereocenters. The Morgan fingerprint density at radius 1 is 1.22 bits per heavy atom. The lowest BCUT2D eigenvalue weighted by Gasteiger charge is -2.26. The molecule has 27 heavy (non-hydrogen) atoms. The summed E-state index contributed by atoms with van der Waals surface area (Å²) in [4.78, 5) is 12.6. The van der Waals surface area contributed by atoms with Gasteiger partial charge in [0.1, 0.15) is 6.73 Å². The zero-order valence-corrected chi connectivity index (χ0v) is 19.0. The van der Waals surface area contributed by atoms with Gasteiger partial charge in [0.05, 0.1) is 11.7 Å². The van der Waals surface area contributed by atoms with Gasteiger partial charge in [-0.3, -0.25) is 4.79 Å². The fourth-order valence-electron chi connectivity index (χ4n) is 2.41. The molecule has 5 nitrogen and oxygen atoms in total. The SMILES string of the molecule is CC(C)(NC(=O)c1cc(Cl)cc(Cl)c1)c1cnn(COCC[Si-](C)(C)C)c1. The van der Waals surface area contributed by atoms with Crippen molar-refractivity contribution in [3.8, 4) is 0 Å². The fourth-order valence-corrected chi connectivity index (χ4v) is 3.69. The molecule has 8 heteroatoms. The highest BCUT2D eigenvalue weighted by atomic mass is 35.5. The third-order valence-corrected chi connectivity index (χ3v) is 6.27. The van der Waals surface area contributed by atoms with Gasteiger partial charge >= 0.3 is 0 Å². The Kier molecular flexibility index (Phi) is 7.13. The highest BCUT2D eigenvalue weighted by molar-refractivity contribution is 6.76. The topological polar surface area (TPSA) is 56.2 Å². The number of hydrogen-bond acceptors (Lipinski definition) is 3. The van der Waals surface area contributed by atoms with E-state index in [1.165, 1.54) is 0 Å². The first-order chi connectivity index (χ1) is 12.5. The first-order valence-corrected chi connectivity index (χ1v) is 13.3. The minimum atomic E-state index is -1.10. The molecular weight excluding hydrogens is 401 g/mol. The highest BCUT2D eigenvalue weighted by Crippen LogP contribution is 2.23. The van der Waals surface area contributed by atoms with E-state index in [4.69, 9.17) is 27.9 Å². The van der Waals surface area contributed by atoms with E-state index in [0.29, 0.717) is 22.3 Å². The molecule has 1 aromatic carbocycles. The number of amides is 1. The molecule has 0 bridgehead atoms. The van der Waals surface area contributed by atoms with E-state index in [9.17, 15) is 4.79 Å². The van der Waals surface area contributed by atoms with Gasteiger partial charge in [0.15, 0.2) is 0 Å². The van der Waals surface area contributed by atoms with Gasteiger partial charge in [0.2, 0.25) is 0 Å². The number of nitrogens with zero attached hydrogens (tertiary/aromatic N) is 2. The van der Waals surface area contributed by atoms with Crippen molar-refractivity contribution in [3.63, 3.8) is 0 Å². The van der Waals surface area contributed by atoms with Crippen molar-refractivity contribution in [2.75, 3.05) is 6.61 Å². The lowest BCUT2D eigenvalue weighted by Crippen LogP contribution is -2.40. The second-order valence-corrected chi connectivity index (χ2v) is 14.8. The van der Waals surface area contributed by atoms with E-state index in [1.807, 2.05) is 20.0 Å². The first kappa shape index (κ1) is 22.0. The zero-order chi connectivity index (χ0) is 20.2. The predicted molar refractivity (Wildman–Crippen MR) is 113 cm³/mol. The van der Waals surface area contributed by atoms with Gasteiger partial charge in [-0.15, -0.1) is 14.1 Å². The number of aromatic nitrogens is 2. The Hall–Kier alpha value is -1.34. The third-order valence-electron chi connectivity index (χ3n) is 4.13. The quantitative estimate of drug-likeness (QED) is 0.466. The van der Waals surface area contributed by atoms with Crippen LogP contribution in [0.1, 0.15) is 29.8 Å². The number of ether oxygens (including phenoxy) is 1. The molecule has 2 aromatic rings. The number of carbonyl (C=O) groups excluding carboxylic acids is 1. The maximum absolute atomic E-state index is 12.6. The third kappa shape index (κ3) is 6.96. The summed E-state index contributed by atoms with van der Waals surface area (Å²) in [6.45, 7) is 11.9. The molecule has 0 saturated carbocycles. The summed E-state index contributed by atoms with van der Waals surface area (Å²) >= 11 is 12.0. The molecule has 0 aliphatic rings. The van der Waals surface area contributed by atoms with Crippen molar-refractivity contribution >= 4 is 37.2 Å². The van der Waals surface area contributed by atoms with E-state index in [-0.39, 0.29) is 5.91 Å². The molecule has 0 aliphatic heterocycles. The molecule has 2 rings (SSSR count). The zero-order valence-electron chi connectivity index (χ0n) is 16.5. The van der Waals surface area contributed by atoms with Gasteiger partial charge in [-0.05, 0) is 32.0 Å². The minimum Gasteiger partial charge on any atom is -0.362 e. The van der Waals surface area contributed by atoms with Crippen molar-refractivity contribution in [1.82, 2.24) is 15.1 Å². The first-order valence-electron chi connectivity index (χ1n) is 8.86. The number of hydrogen-bond donors (Lipinski definition) is 1. The van der Waals surface area contributed by atoms with Crippen LogP contribution >= 0.6 is 23.2 Å².